The molecule has 2 N–H and O–H groups in total. The number of anilines is 1. The van der Waals surface area contributed by atoms with Crippen molar-refractivity contribution in [3.63, 3.8) is 0 Å². The first-order valence-corrected chi connectivity index (χ1v) is 9.39. The predicted octanol–water partition coefficient (Wildman–Crippen LogP) is 4.07. The third-order valence-corrected chi connectivity index (χ3v) is 4.35. The van der Waals surface area contributed by atoms with Gasteiger partial charge in [-0.05, 0) is 61.0 Å². The first-order chi connectivity index (χ1) is 14.0. The molecule has 1 atom stereocenters. The summed E-state index contributed by atoms with van der Waals surface area (Å²) >= 11 is 5.84. The van der Waals surface area contributed by atoms with Gasteiger partial charge >= 0.3 is 0 Å². The van der Waals surface area contributed by atoms with Crippen molar-refractivity contribution in [1.29, 1.82) is 0 Å². The van der Waals surface area contributed by atoms with E-state index in [0.29, 0.717) is 28.6 Å². The topological polar surface area (TPSA) is 80.3 Å². The van der Waals surface area contributed by atoms with Crippen LogP contribution in [0.2, 0.25) is 5.02 Å². The van der Waals surface area contributed by atoms with E-state index in [1.807, 2.05) is 12.1 Å². The van der Waals surface area contributed by atoms with Crippen LogP contribution in [0.1, 0.15) is 22.8 Å². The second kappa shape index (κ2) is 9.71. The van der Waals surface area contributed by atoms with E-state index in [1.165, 1.54) is 6.20 Å². The molecule has 0 saturated carbocycles. The van der Waals surface area contributed by atoms with Gasteiger partial charge in [-0.25, -0.2) is 0 Å². The zero-order chi connectivity index (χ0) is 20.6. The first kappa shape index (κ1) is 20.4. The molecule has 0 saturated heterocycles. The van der Waals surface area contributed by atoms with Crippen molar-refractivity contribution in [2.45, 2.75) is 19.6 Å². The summed E-state index contributed by atoms with van der Waals surface area (Å²) in [7, 11) is 0. The molecule has 0 bridgehead atoms. The van der Waals surface area contributed by atoms with Crippen LogP contribution in [0.5, 0.6) is 5.75 Å². The van der Waals surface area contributed by atoms with Crippen LogP contribution < -0.4 is 15.4 Å². The molecule has 0 aliphatic heterocycles. The van der Waals surface area contributed by atoms with Crippen LogP contribution >= 0.6 is 11.6 Å². The van der Waals surface area contributed by atoms with E-state index in [2.05, 4.69) is 15.6 Å². The van der Waals surface area contributed by atoms with Crippen LogP contribution in [-0.2, 0) is 11.3 Å². The molecule has 1 unspecified atom stereocenters. The second-order valence-corrected chi connectivity index (χ2v) is 6.76. The van der Waals surface area contributed by atoms with Gasteiger partial charge in [-0.15, -0.1) is 0 Å². The Bertz CT molecular complexity index is 961. The van der Waals surface area contributed by atoms with Crippen LogP contribution in [0.4, 0.5) is 5.69 Å². The van der Waals surface area contributed by atoms with Crippen molar-refractivity contribution in [3.8, 4) is 5.75 Å². The molecule has 3 rings (SSSR count). The average Bonchev–Trinajstić information content (AvgIpc) is 2.75. The number of ether oxygens (including phenoxy) is 1. The summed E-state index contributed by atoms with van der Waals surface area (Å²) in [5.74, 6) is 0.118. The normalized spacial score (nSPS) is 11.4. The molecule has 0 spiro atoms. The Morgan fingerprint density at radius 2 is 1.79 bits per heavy atom. The molecule has 148 valence electrons. The molecule has 2 amide bonds. The summed E-state index contributed by atoms with van der Waals surface area (Å²) in [4.78, 5) is 28.3. The highest BCUT2D eigenvalue weighted by Crippen LogP contribution is 2.17. The minimum atomic E-state index is -0.644. The maximum absolute atomic E-state index is 12.2. The Morgan fingerprint density at radius 3 is 2.45 bits per heavy atom. The van der Waals surface area contributed by atoms with Crippen molar-refractivity contribution in [3.05, 3.63) is 89.2 Å². The molecule has 0 radical (unpaired) electrons. The summed E-state index contributed by atoms with van der Waals surface area (Å²) in [6, 6.07) is 17.5. The number of halogens is 1. The molecule has 1 heterocycles. The predicted molar refractivity (Wildman–Crippen MR) is 112 cm³/mol. The summed E-state index contributed by atoms with van der Waals surface area (Å²) in [5.41, 5.74) is 2.04. The van der Waals surface area contributed by atoms with Crippen LogP contribution in [0, 0.1) is 0 Å². The number of rotatable bonds is 7. The van der Waals surface area contributed by atoms with Crippen molar-refractivity contribution in [2.75, 3.05) is 5.32 Å². The summed E-state index contributed by atoms with van der Waals surface area (Å²) in [6.45, 7) is 2.03. The van der Waals surface area contributed by atoms with E-state index >= 15 is 0 Å². The van der Waals surface area contributed by atoms with E-state index in [0.717, 1.165) is 5.56 Å². The number of amides is 2. The highest BCUT2D eigenvalue weighted by Gasteiger charge is 2.14. The van der Waals surface area contributed by atoms with Gasteiger partial charge in [0.25, 0.3) is 11.8 Å². The number of aromatic nitrogens is 1. The smallest absolute Gasteiger partial charge is 0.261 e. The Labute approximate surface area is 173 Å². The quantitative estimate of drug-likeness (QED) is 0.616. The van der Waals surface area contributed by atoms with E-state index < -0.39 is 6.10 Å². The van der Waals surface area contributed by atoms with Gasteiger partial charge in [0.05, 0.1) is 5.56 Å². The molecule has 0 aliphatic rings. The summed E-state index contributed by atoms with van der Waals surface area (Å²) in [5, 5.41) is 6.24. The van der Waals surface area contributed by atoms with Crippen LogP contribution in [0.15, 0.2) is 73.1 Å². The Balaban J connectivity index is 1.48. The molecular formula is C22H20ClN3O3. The Kier molecular flexibility index (Phi) is 6.81. The molecule has 6 nitrogen and oxygen atoms in total. The lowest BCUT2D eigenvalue weighted by atomic mass is 10.2. The third kappa shape index (κ3) is 6.05. The number of nitrogens with one attached hydrogen (secondary N) is 2. The van der Waals surface area contributed by atoms with Gasteiger partial charge in [-0.1, -0.05) is 23.7 Å². The standard InChI is InChI=1S/C22H20ClN3O3/c1-15(29-20-10-6-18(23)7-11-20)21(27)25-13-16-4-8-19(9-5-16)26-22(28)17-3-2-12-24-14-17/h2-12,14-15H,13H2,1H3,(H,25,27)(H,26,28). The van der Waals surface area contributed by atoms with Gasteiger partial charge < -0.3 is 15.4 Å². The van der Waals surface area contributed by atoms with Crippen molar-refractivity contribution < 1.29 is 14.3 Å². The highest BCUT2D eigenvalue weighted by molar-refractivity contribution is 6.30. The van der Waals surface area contributed by atoms with Crippen LogP contribution in [0.3, 0.4) is 0 Å². The van der Waals surface area contributed by atoms with E-state index in [9.17, 15) is 9.59 Å². The van der Waals surface area contributed by atoms with E-state index in [1.54, 1.807) is 61.7 Å². The number of hydrogen-bond acceptors (Lipinski definition) is 4. The fourth-order valence-electron chi connectivity index (χ4n) is 2.51. The number of nitrogens with zero attached hydrogens (tertiary/aromatic N) is 1. The molecule has 7 heteroatoms. The minimum absolute atomic E-state index is 0.228. The lowest BCUT2D eigenvalue weighted by molar-refractivity contribution is -0.127. The van der Waals surface area contributed by atoms with Crippen molar-refractivity contribution in [1.82, 2.24) is 10.3 Å². The molecule has 0 aliphatic carbocycles. The van der Waals surface area contributed by atoms with Gasteiger partial charge in [-0.2, -0.15) is 0 Å². The molecule has 29 heavy (non-hydrogen) atoms. The molecule has 0 fully saturated rings. The van der Waals surface area contributed by atoms with E-state index in [-0.39, 0.29) is 11.8 Å². The SMILES string of the molecule is CC(Oc1ccc(Cl)cc1)C(=O)NCc1ccc(NC(=O)c2cccnc2)cc1. The van der Waals surface area contributed by atoms with Gasteiger partial charge in [0.1, 0.15) is 5.75 Å². The van der Waals surface area contributed by atoms with Crippen LogP contribution in [-0.4, -0.2) is 22.9 Å². The summed E-state index contributed by atoms with van der Waals surface area (Å²) < 4.78 is 5.60. The van der Waals surface area contributed by atoms with Gasteiger partial charge in [-0.3, -0.25) is 14.6 Å². The fourth-order valence-corrected chi connectivity index (χ4v) is 2.64. The maximum Gasteiger partial charge on any atom is 0.261 e. The zero-order valence-electron chi connectivity index (χ0n) is 15.8. The maximum atomic E-state index is 12.2. The third-order valence-electron chi connectivity index (χ3n) is 4.10. The van der Waals surface area contributed by atoms with Gasteiger partial charge in [0.2, 0.25) is 0 Å². The highest BCUT2D eigenvalue weighted by atomic mass is 35.5. The average molecular weight is 410 g/mol. The fraction of sp³-hybridized carbons (Fsp3) is 0.136. The number of benzene rings is 2. The van der Waals surface area contributed by atoms with E-state index in [4.69, 9.17) is 16.3 Å². The van der Waals surface area contributed by atoms with Crippen molar-refractivity contribution >= 4 is 29.1 Å². The molecule has 1 aromatic heterocycles. The number of pyridine rings is 1. The Hall–Kier alpha value is -3.38. The largest absolute Gasteiger partial charge is 0.481 e. The van der Waals surface area contributed by atoms with Crippen molar-refractivity contribution in [2.24, 2.45) is 0 Å². The van der Waals surface area contributed by atoms with Gasteiger partial charge in [0.15, 0.2) is 6.10 Å². The molecule has 2 aromatic carbocycles. The molecule has 3 aromatic rings. The lowest BCUT2D eigenvalue weighted by Crippen LogP contribution is -2.35. The Morgan fingerprint density at radius 1 is 1.07 bits per heavy atom. The zero-order valence-corrected chi connectivity index (χ0v) is 16.5. The monoisotopic (exact) mass is 409 g/mol. The lowest BCUT2D eigenvalue weighted by Gasteiger charge is -2.15. The summed E-state index contributed by atoms with van der Waals surface area (Å²) in [6.07, 6.45) is 2.47. The number of carbonyl (C=O) groups is 2. The number of hydrogen-bond donors (Lipinski definition) is 2. The molecular weight excluding hydrogens is 390 g/mol. The van der Waals surface area contributed by atoms with Crippen LogP contribution in [0.25, 0.3) is 0 Å². The number of carbonyl (C=O) groups excluding carboxylic acids is 2. The minimum Gasteiger partial charge on any atom is -0.481 e. The first-order valence-electron chi connectivity index (χ1n) is 9.01. The second-order valence-electron chi connectivity index (χ2n) is 6.32. The van der Waals surface area contributed by atoms with Gasteiger partial charge in [0, 0.05) is 29.6 Å².